The lowest BCUT2D eigenvalue weighted by molar-refractivity contribution is 0.354. The third-order valence-electron chi connectivity index (χ3n) is 5.11. The van der Waals surface area contributed by atoms with Crippen molar-refractivity contribution in [1.82, 2.24) is 0 Å². The van der Waals surface area contributed by atoms with Crippen molar-refractivity contribution < 1.29 is 9.47 Å². The van der Waals surface area contributed by atoms with Gasteiger partial charge in [-0.15, -0.1) is 0 Å². The molecule has 0 aliphatic carbocycles. The van der Waals surface area contributed by atoms with Crippen LogP contribution in [0.5, 0.6) is 11.5 Å². The summed E-state index contributed by atoms with van der Waals surface area (Å²) in [6.07, 6.45) is 0. The molecule has 4 aromatic carbocycles. The Balaban J connectivity index is 2.15. The molecule has 30 heavy (non-hydrogen) atoms. The molecule has 0 aromatic heterocycles. The van der Waals surface area contributed by atoms with Gasteiger partial charge in [0.25, 0.3) is 0 Å². The van der Waals surface area contributed by atoms with Gasteiger partial charge in [-0.25, -0.2) is 0 Å². The highest BCUT2D eigenvalue weighted by Gasteiger charge is 2.20. The molecule has 0 amide bonds. The zero-order valence-electron chi connectivity index (χ0n) is 17.2. The topological polar surface area (TPSA) is 18.5 Å². The van der Waals surface area contributed by atoms with Crippen molar-refractivity contribution >= 4 is 11.1 Å². The molecule has 4 aromatic rings. The van der Waals surface area contributed by atoms with E-state index >= 15 is 0 Å². The first-order valence-electron chi connectivity index (χ1n) is 9.95. The van der Waals surface area contributed by atoms with E-state index in [0.29, 0.717) is 5.75 Å². The van der Waals surface area contributed by atoms with Crippen molar-refractivity contribution in [1.29, 1.82) is 0 Å². The maximum atomic E-state index is 5.83. The fourth-order valence-electron chi connectivity index (χ4n) is 3.79. The molecule has 0 unspecified atom stereocenters. The second-order valence-electron chi connectivity index (χ2n) is 6.89. The van der Waals surface area contributed by atoms with Crippen LogP contribution in [0.15, 0.2) is 109 Å². The fraction of sp³-hybridized carbons (Fsp3) is 0.0714. The summed E-state index contributed by atoms with van der Waals surface area (Å²) in [6, 6.07) is 37.5. The van der Waals surface area contributed by atoms with Crippen LogP contribution in [0.25, 0.3) is 11.1 Å². The van der Waals surface area contributed by atoms with E-state index in [1.54, 1.807) is 14.2 Å². The Labute approximate surface area is 178 Å². The molecule has 0 heterocycles. The normalized spacial score (nSPS) is 10.3. The summed E-state index contributed by atoms with van der Waals surface area (Å²) < 4.78 is 11.4. The van der Waals surface area contributed by atoms with Crippen molar-refractivity contribution in [2.24, 2.45) is 0 Å². The fourth-order valence-corrected chi connectivity index (χ4v) is 3.79. The van der Waals surface area contributed by atoms with Crippen LogP contribution in [-0.4, -0.2) is 14.2 Å². The van der Waals surface area contributed by atoms with Crippen molar-refractivity contribution in [3.8, 4) is 11.5 Å². The minimum Gasteiger partial charge on any atom is -0.493 e. The van der Waals surface area contributed by atoms with Crippen molar-refractivity contribution in [3.05, 3.63) is 131 Å². The van der Waals surface area contributed by atoms with Gasteiger partial charge in [0.15, 0.2) is 11.5 Å². The molecule has 0 fully saturated rings. The molecule has 2 nitrogen and oxygen atoms in total. The highest BCUT2D eigenvalue weighted by Crippen LogP contribution is 2.43. The van der Waals surface area contributed by atoms with Crippen molar-refractivity contribution in [2.45, 2.75) is 0 Å². The molecule has 0 atom stereocenters. The van der Waals surface area contributed by atoms with Gasteiger partial charge in [0, 0.05) is 11.1 Å². The first kappa shape index (κ1) is 19.5. The van der Waals surface area contributed by atoms with E-state index in [2.05, 4.69) is 78.9 Å². The summed E-state index contributed by atoms with van der Waals surface area (Å²) in [4.78, 5) is 0. The minimum absolute atomic E-state index is 0.712. The maximum Gasteiger partial charge on any atom is 0.168 e. The monoisotopic (exact) mass is 392 g/mol. The van der Waals surface area contributed by atoms with Gasteiger partial charge < -0.3 is 9.47 Å². The first-order valence-corrected chi connectivity index (χ1v) is 9.95. The molecule has 4 rings (SSSR count). The first-order chi connectivity index (χ1) is 14.8. The van der Waals surface area contributed by atoms with E-state index in [1.165, 1.54) is 0 Å². The quantitative estimate of drug-likeness (QED) is 0.339. The Bertz CT molecular complexity index is 1090. The van der Waals surface area contributed by atoms with Crippen LogP contribution in [0.4, 0.5) is 0 Å². The average molecular weight is 392 g/mol. The number of benzene rings is 4. The van der Waals surface area contributed by atoms with Crippen molar-refractivity contribution in [2.75, 3.05) is 14.2 Å². The second-order valence-corrected chi connectivity index (χ2v) is 6.89. The number of ether oxygens (including phenoxy) is 2. The zero-order valence-corrected chi connectivity index (χ0v) is 17.2. The van der Waals surface area contributed by atoms with Crippen LogP contribution in [-0.2, 0) is 0 Å². The predicted molar refractivity (Wildman–Crippen MR) is 124 cm³/mol. The third-order valence-corrected chi connectivity index (χ3v) is 5.11. The zero-order chi connectivity index (χ0) is 20.8. The Hall–Kier alpha value is -3.78. The minimum atomic E-state index is 0.712. The molecule has 0 saturated heterocycles. The number of hydrogen-bond acceptors (Lipinski definition) is 2. The lowest BCUT2D eigenvalue weighted by Gasteiger charge is -2.21. The summed E-state index contributed by atoms with van der Waals surface area (Å²) in [5, 5.41) is 0. The molecule has 0 saturated carbocycles. The number of para-hydroxylation sites is 1. The smallest absolute Gasteiger partial charge is 0.168 e. The molecular formula is C28H24O2. The van der Waals surface area contributed by atoms with Crippen LogP contribution < -0.4 is 9.47 Å². The maximum absolute atomic E-state index is 5.83. The van der Waals surface area contributed by atoms with Gasteiger partial charge >= 0.3 is 0 Å². The van der Waals surface area contributed by atoms with Gasteiger partial charge in [-0.3, -0.25) is 0 Å². The van der Waals surface area contributed by atoms with E-state index in [0.717, 1.165) is 39.1 Å². The van der Waals surface area contributed by atoms with E-state index in [1.807, 2.05) is 30.3 Å². The highest BCUT2D eigenvalue weighted by atomic mass is 16.5. The standard InChI is InChI=1S/C28H24O2/c1-29-25-20-12-19-24(28(25)30-2)27(23-17-10-5-11-18-23)26(21-13-6-3-7-14-21)22-15-8-4-9-16-22/h3-20H,1-2H3. The summed E-state index contributed by atoms with van der Waals surface area (Å²) in [5.41, 5.74) is 6.65. The SMILES string of the molecule is COc1cccc(C(=C(c2ccccc2)c2ccccc2)c2ccccc2)c1OC. The number of methoxy groups -OCH3 is 2. The third kappa shape index (κ3) is 3.85. The van der Waals surface area contributed by atoms with Gasteiger partial charge in [-0.05, 0) is 28.3 Å². The Morgan fingerprint density at radius 1 is 0.467 bits per heavy atom. The van der Waals surface area contributed by atoms with Crippen molar-refractivity contribution in [3.63, 3.8) is 0 Å². The molecule has 148 valence electrons. The highest BCUT2D eigenvalue weighted by molar-refractivity contribution is 6.05. The van der Waals surface area contributed by atoms with E-state index < -0.39 is 0 Å². The van der Waals surface area contributed by atoms with Crippen LogP contribution in [0.2, 0.25) is 0 Å². The summed E-state index contributed by atoms with van der Waals surface area (Å²) >= 11 is 0. The Morgan fingerprint density at radius 3 is 1.37 bits per heavy atom. The molecule has 0 aliphatic rings. The van der Waals surface area contributed by atoms with Gasteiger partial charge in [0.2, 0.25) is 0 Å². The van der Waals surface area contributed by atoms with Crippen LogP contribution in [0.3, 0.4) is 0 Å². The molecule has 0 aliphatic heterocycles. The lowest BCUT2D eigenvalue weighted by Crippen LogP contribution is -2.01. The lowest BCUT2D eigenvalue weighted by atomic mass is 9.85. The van der Waals surface area contributed by atoms with Crippen LogP contribution >= 0.6 is 0 Å². The summed E-state index contributed by atoms with van der Waals surface area (Å²) in [5.74, 6) is 1.44. The molecular weight excluding hydrogens is 368 g/mol. The summed E-state index contributed by atoms with van der Waals surface area (Å²) in [7, 11) is 3.36. The van der Waals surface area contributed by atoms with E-state index in [-0.39, 0.29) is 0 Å². The van der Waals surface area contributed by atoms with Gasteiger partial charge in [0.1, 0.15) is 0 Å². The average Bonchev–Trinajstić information content (AvgIpc) is 2.83. The number of rotatable bonds is 6. The molecule has 2 heteroatoms. The van der Waals surface area contributed by atoms with Gasteiger partial charge in [0.05, 0.1) is 14.2 Å². The Kier molecular flexibility index (Phi) is 5.95. The summed E-state index contributed by atoms with van der Waals surface area (Å²) in [6.45, 7) is 0. The molecule has 0 N–H and O–H groups in total. The Morgan fingerprint density at radius 2 is 0.933 bits per heavy atom. The number of hydrogen-bond donors (Lipinski definition) is 0. The molecule has 0 spiro atoms. The molecule has 0 bridgehead atoms. The second kappa shape index (κ2) is 9.15. The van der Waals surface area contributed by atoms with Gasteiger partial charge in [-0.2, -0.15) is 0 Å². The van der Waals surface area contributed by atoms with Crippen LogP contribution in [0, 0.1) is 0 Å². The van der Waals surface area contributed by atoms with Gasteiger partial charge in [-0.1, -0.05) is 103 Å². The van der Waals surface area contributed by atoms with E-state index in [9.17, 15) is 0 Å². The largest absolute Gasteiger partial charge is 0.493 e. The predicted octanol–water partition coefficient (Wildman–Crippen LogP) is 6.71. The van der Waals surface area contributed by atoms with E-state index in [4.69, 9.17) is 9.47 Å². The van der Waals surface area contributed by atoms with Crippen LogP contribution in [0.1, 0.15) is 22.3 Å². The molecule has 0 radical (unpaired) electrons.